The number of hydrogen-bond donors (Lipinski definition) is 2. The smallest absolute Gasteiger partial charge is 0.259 e. The van der Waals surface area contributed by atoms with Gasteiger partial charge >= 0.3 is 0 Å². The van der Waals surface area contributed by atoms with Crippen molar-refractivity contribution in [2.75, 3.05) is 26.0 Å². The Labute approximate surface area is 112 Å². The molecule has 104 valence electrons. The second kappa shape index (κ2) is 6.75. The first kappa shape index (κ1) is 15.0. The maximum absolute atomic E-state index is 11.4. The fourth-order valence-electron chi connectivity index (χ4n) is 1.19. The van der Waals surface area contributed by atoms with E-state index in [2.05, 4.69) is 5.32 Å². The summed E-state index contributed by atoms with van der Waals surface area (Å²) in [5.41, 5.74) is 6.04. The number of hydrogen-bond acceptors (Lipinski definition) is 4. The van der Waals surface area contributed by atoms with Crippen molar-refractivity contribution in [2.45, 2.75) is 13.0 Å². The lowest BCUT2D eigenvalue weighted by atomic mass is 10.2. The molecule has 0 saturated carbocycles. The zero-order valence-electron chi connectivity index (χ0n) is 11.3. The molecule has 0 fully saturated rings. The fourth-order valence-corrected chi connectivity index (χ4v) is 1.19. The summed E-state index contributed by atoms with van der Waals surface area (Å²) in [5, 5.41) is 2.65. The summed E-state index contributed by atoms with van der Waals surface area (Å²) in [7, 11) is 3.32. The molecule has 0 spiro atoms. The van der Waals surface area contributed by atoms with Gasteiger partial charge in [-0.05, 0) is 19.1 Å². The quantitative estimate of drug-likeness (QED) is 0.809. The molecule has 1 rings (SSSR count). The first-order chi connectivity index (χ1) is 8.90. The van der Waals surface area contributed by atoms with Crippen LogP contribution in [0.3, 0.4) is 0 Å². The number of ether oxygens (including phenoxy) is 1. The van der Waals surface area contributed by atoms with Gasteiger partial charge < -0.3 is 20.7 Å². The summed E-state index contributed by atoms with van der Waals surface area (Å²) in [4.78, 5) is 24.3. The fraction of sp³-hybridized carbons (Fsp3) is 0.385. The normalized spacial score (nSPS) is 11.6. The molecule has 0 aliphatic carbocycles. The average molecular weight is 265 g/mol. The third-order valence-electron chi connectivity index (χ3n) is 2.38. The summed E-state index contributed by atoms with van der Waals surface area (Å²) in [6.45, 7) is 1.56. The molecule has 0 aliphatic heterocycles. The third-order valence-corrected chi connectivity index (χ3v) is 2.38. The molecule has 0 bridgehead atoms. The Morgan fingerprint density at radius 2 is 2.11 bits per heavy atom. The topological polar surface area (TPSA) is 84.7 Å². The lowest BCUT2D eigenvalue weighted by molar-refractivity contribution is -0.130. The number of amides is 2. The van der Waals surface area contributed by atoms with Crippen LogP contribution in [0.5, 0.6) is 5.75 Å². The molecule has 0 saturated heterocycles. The predicted molar refractivity (Wildman–Crippen MR) is 72.9 cm³/mol. The van der Waals surface area contributed by atoms with Crippen LogP contribution in [-0.4, -0.2) is 43.5 Å². The highest BCUT2D eigenvalue weighted by molar-refractivity contribution is 5.94. The Hall–Kier alpha value is -2.08. The number of rotatable bonds is 5. The lowest BCUT2D eigenvalue weighted by Crippen LogP contribution is -2.32. The molecule has 3 N–H and O–H groups in total. The molecule has 2 amide bonds. The minimum Gasteiger partial charge on any atom is -0.484 e. The van der Waals surface area contributed by atoms with Crippen molar-refractivity contribution in [2.24, 2.45) is 5.73 Å². The number of carbonyl (C=O) groups is 2. The van der Waals surface area contributed by atoms with Gasteiger partial charge in [-0.25, -0.2) is 0 Å². The van der Waals surface area contributed by atoms with E-state index in [-0.39, 0.29) is 18.4 Å². The maximum Gasteiger partial charge on any atom is 0.259 e. The molecule has 19 heavy (non-hydrogen) atoms. The van der Waals surface area contributed by atoms with Gasteiger partial charge in [-0.15, -0.1) is 0 Å². The van der Waals surface area contributed by atoms with Gasteiger partial charge in [-0.1, -0.05) is 6.07 Å². The monoisotopic (exact) mass is 265 g/mol. The summed E-state index contributed by atoms with van der Waals surface area (Å²) in [6.07, 6.45) is 0. The molecule has 1 aromatic carbocycles. The number of nitrogens with zero attached hydrogens (tertiary/aromatic N) is 1. The van der Waals surface area contributed by atoms with E-state index >= 15 is 0 Å². The Morgan fingerprint density at radius 3 is 2.68 bits per heavy atom. The second-order valence-corrected chi connectivity index (χ2v) is 4.38. The summed E-state index contributed by atoms with van der Waals surface area (Å²) >= 11 is 0. The molecule has 6 nitrogen and oxygen atoms in total. The van der Waals surface area contributed by atoms with E-state index in [1.807, 2.05) is 0 Å². The molecule has 1 atom stereocenters. The summed E-state index contributed by atoms with van der Waals surface area (Å²) < 4.78 is 5.34. The van der Waals surface area contributed by atoms with Gasteiger partial charge in [-0.3, -0.25) is 9.59 Å². The van der Waals surface area contributed by atoms with E-state index in [1.54, 1.807) is 45.3 Å². The first-order valence-electron chi connectivity index (χ1n) is 5.89. The van der Waals surface area contributed by atoms with Crippen molar-refractivity contribution in [1.29, 1.82) is 0 Å². The number of nitrogens with two attached hydrogens (primary N) is 1. The molecule has 1 aromatic rings. The second-order valence-electron chi connectivity index (χ2n) is 4.38. The van der Waals surface area contributed by atoms with Gasteiger partial charge in [0, 0.05) is 25.8 Å². The number of carbonyl (C=O) groups excluding carboxylic acids is 2. The Balaban J connectivity index is 2.62. The molecule has 0 aliphatic rings. The van der Waals surface area contributed by atoms with Crippen LogP contribution in [0, 0.1) is 0 Å². The number of likely N-dealkylation sites (N-methyl/N-ethyl adjacent to an activating group) is 1. The Morgan fingerprint density at radius 1 is 1.42 bits per heavy atom. The molecular formula is C13H19N3O3. The van der Waals surface area contributed by atoms with Crippen molar-refractivity contribution in [1.82, 2.24) is 4.90 Å². The van der Waals surface area contributed by atoms with Crippen LogP contribution in [0.4, 0.5) is 5.69 Å². The van der Waals surface area contributed by atoms with Gasteiger partial charge in [0.2, 0.25) is 5.91 Å². The molecule has 0 radical (unpaired) electrons. The summed E-state index contributed by atoms with van der Waals surface area (Å²) in [5.74, 6) is 0.101. The van der Waals surface area contributed by atoms with Gasteiger partial charge in [0.1, 0.15) is 5.75 Å². The van der Waals surface area contributed by atoms with E-state index in [4.69, 9.17) is 10.5 Å². The minimum absolute atomic E-state index is 0.0440. The van der Waals surface area contributed by atoms with E-state index in [9.17, 15) is 9.59 Å². The van der Waals surface area contributed by atoms with Crippen molar-refractivity contribution in [3.05, 3.63) is 24.3 Å². The highest BCUT2D eigenvalue weighted by Gasteiger charge is 2.09. The largest absolute Gasteiger partial charge is 0.484 e. The van der Waals surface area contributed by atoms with Crippen LogP contribution in [-0.2, 0) is 9.59 Å². The van der Waals surface area contributed by atoms with Crippen molar-refractivity contribution < 1.29 is 14.3 Å². The van der Waals surface area contributed by atoms with E-state index in [1.165, 1.54) is 4.90 Å². The molecule has 6 heteroatoms. The van der Waals surface area contributed by atoms with Crippen LogP contribution in [0.1, 0.15) is 6.92 Å². The van der Waals surface area contributed by atoms with Gasteiger partial charge in [0.15, 0.2) is 6.61 Å². The van der Waals surface area contributed by atoms with Crippen LogP contribution >= 0.6 is 0 Å². The molecule has 0 unspecified atom stereocenters. The van der Waals surface area contributed by atoms with Crippen LogP contribution in [0.15, 0.2) is 24.3 Å². The lowest BCUT2D eigenvalue weighted by Gasteiger charge is -2.12. The molecule has 0 heterocycles. The van der Waals surface area contributed by atoms with Crippen molar-refractivity contribution in [3.8, 4) is 5.75 Å². The van der Waals surface area contributed by atoms with Crippen LogP contribution < -0.4 is 15.8 Å². The van der Waals surface area contributed by atoms with Gasteiger partial charge in [-0.2, -0.15) is 0 Å². The standard InChI is InChI=1S/C13H19N3O3/c1-9(14)13(18)15-10-5-4-6-11(7-10)19-8-12(17)16(2)3/h4-7,9H,8,14H2,1-3H3,(H,15,18)/t9-/m0/s1. The van der Waals surface area contributed by atoms with E-state index < -0.39 is 6.04 Å². The predicted octanol–water partition coefficient (Wildman–Crippen LogP) is 0.439. The average Bonchev–Trinajstić information content (AvgIpc) is 2.36. The molecular weight excluding hydrogens is 246 g/mol. The maximum atomic E-state index is 11.4. The van der Waals surface area contributed by atoms with Gasteiger partial charge in [0.25, 0.3) is 5.91 Å². The Kier molecular flexibility index (Phi) is 5.32. The summed E-state index contributed by atoms with van der Waals surface area (Å²) in [6, 6.07) is 6.22. The van der Waals surface area contributed by atoms with E-state index in [0.29, 0.717) is 11.4 Å². The zero-order chi connectivity index (χ0) is 14.4. The Bertz CT molecular complexity index is 458. The SMILES string of the molecule is C[C@H](N)C(=O)Nc1cccc(OCC(=O)N(C)C)c1. The van der Waals surface area contributed by atoms with E-state index in [0.717, 1.165) is 0 Å². The van der Waals surface area contributed by atoms with Gasteiger partial charge in [0.05, 0.1) is 6.04 Å². The highest BCUT2D eigenvalue weighted by atomic mass is 16.5. The number of nitrogens with one attached hydrogen (secondary N) is 1. The zero-order valence-corrected chi connectivity index (χ0v) is 11.3. The van der Waals surface area contributed by atoms with Crippen molar-refractivity contribution >= 4 is 17.5 Å². The molecule has 0 aromatic heterocycles. The number of benzene rings is 1. The van der Waals surface area contributed by atoms with Crippen molar-refractivity contribution in [3.63, 3.8) is 0 Å². The third kappa shape index (κ3) is 4.97. The number of anilines is 1. The highest BCUT2D eigenvalue weighted by Crippen LogP contribution is 2.17. The van der Waals surface area contributed by atoms with Crippen LogP contribution in [0.25, 0.3) is 0 Å². The van der Waals surface area contributed by atoms with Crippen LogP contribution in [0.2, 0.25) is 0 Å². The first-order valence-corrected chi connectivity index (χ1v) is 5.89. The minimum atomic E-state index is -0.583.